The molecule has 2 amide bonds. The van der Waals surface area contributed by atoms with Gasteiger partial charge in [0.15, 0.2) is 0 Å². The molecule has 0 bridgehead atoms. The summed E-state index contributed by atoms with van der Waals surface area (Å²) in [6.45, 7) is 11.4. The zero-order valence-corrected chi connectivity index (χ0v) is 27.2. The number of nitrogens with zero attached hydrogens (tertiary/aromatic N) is 4. The van der Waals surface area contributed by atoms with Crippen LogP contribution >= 0.6 is 0 Å². The summed E-state index contributed by atoms with van der Waals surface area (Å²) in [5.74, 6) is 0.735. The molecule has 42 heavy (non-hydrogen) atoms. The van der Waals surface area contributed by atoms with E-state index in [1.165, 1.54) is 25.7 Å². The number of piperidine rings is 2. The molecule has 0 saturated carbocycles. The Balaban J connectivity index is 0.000000168. The van der Waals surface area contributed by atoms with E-state index in [4.69, 9.17) is 0 Å². The zero-order valence-electron chi connectivity index (χ0n) is 27.2. The van der Waals surface area contributed by atoms with Crippen LogP contribution in [0, 0.1) is 0 Å². The van der Waals surface area contributed by atoms with E-state index in [9.17, 15) is 9.59 Å². The van der Waals surface area contributed by atoms with Gasteiger partial charge in [0.25, 0.3) is 0 Å². The first-order chi connectivity index (χ1) is 20.2. The van der Waals surface area contributed by atoms with E-state index in [1.807, 2.05) is 36.4 Å². The molecule has 8 heteroatoms. The lowest BCUT2D eigenvalue weighted by Gasteiger charge is -2.58. The van der Waals surface area contributed by atoms with Gasteiger partial charge in [0.05, 0.1) is 0 Å². The fourth-order valence-corrected chi connectivity index (χ4v) is 10.7. The number of anilines is 2. The number of benzene rings is 2. The summed E-state index contributed by atoms with van der Waals surface area (Å²) in [6, 6.07) is 21.0. The summed E-state index contributed by atoms with van der Waals surface area (Å²) in [5.41, 5.74) is 2.19. The molecule has 0 N–H and O–H groups in total. The van der Waals surface area contributed by atoms with Gasteiger partial charge in [0, 0.05) is 51.4 Å². The molecule has 228 valence electrons. The van der Waals surface area contributed by atoms with Gasteiger partial charge in [-0.15, -0.1) is 25.3 Å². The smallest absolute Gasteiger partial charge is 0.310 e. The Morgan fingerprint density at radius 1 is 0.595 bits per heavy atom. The number of fused-ring (bicyclic) bond motifs is 2. The van der Waals surface area contributed by atoms with Crippen LogP contribution in [0.4, 0.5) is 11.4 Å². The van der Waals surface area contributed by atoms with Gasteiger partial charge in [-0.05, 0) is 49.9 Å². The highest BCUT2D eigenvalue weighted by Crippen LogP contribution is 2.47. The molecule has 0 unspecified atom stereocenters. The molecule has 0 aromatic heterocycles. The number of quaternary nitrogens is 2. The third kappa shape index (κ3) is 4.30. The van der Waals surface area contributed by atoms with Gasteiger partial charge in [-0.2, -0.15) is 0 Å². The number of hydrogen-bond acceptors (Lipinski definition) is 2. The third-order valence-corrected chi connectivity index (χ3v) is 13.0. The van der Waals surface area contributed by atoms with Gasteiger partial charge >= 0.3 is 12.8 Å². The monoisotopic (exact) mass is 572 g/mol. The first kappa shape index (κ1) is 30.9. The molecule has 0 radical (unpaired) electrons. The maximum atomic E-state index is 13.2. The second-order valence-corrected chi connectivity index (χ2v) is 14.2. The van der Waals surface area contributed by atoms with Crippen LogP contribution in [0.15, 0.2) is 60.7 Å². The predicted molar refractivity (Wildman–Crippen MR) is 179 cm³/mol. The Kier molecular flexibility index (Phi) is 8.70. The number of carbonyl (C=O) groups excluding carboxylic acids is 2. The minimum absolute atomic E-state index is 0.179. The van der Waals surface area contributed by atoms with Gasteiger partial charge < -0.3 is 18.4 Å². The topological polar surface area (TPSA) is 40.6 Å². The fraction of sp³-hybridized carbons (Fsp3) is 0.588. The van der Waals surface area contributed by atoms with Crippen molar-refractivity contribution < 1.29 is 18.4 Å². The summed E-state index contributed by atoms with van der Waals surface area (Å²) in [5, 5.41) is 0. The lowest BCUT2D eigenvalue weighted by Crippen LogP contribution is -2.70. The average molecular weight is 572 g/mol. The third-order valence-electron chi connectivity index (χ3n) is 13.0. The number of amides is 2. The van der Waals surface area contributed by atoms with E-state index in [0.29, 0.717) is 11.8 Å². The Hall–Kier alpha value is -2.57. The van der Waals surface area contributed by atoms with Crippen LogP contribution in [0.1, 0.15) is 66.2 Å². The summed E-state index contributed by atoms with van der Waals surface area (Å²) in [4.78, 5) is 30.8. The molecule has 2 aromatic rings. The van der Waals surface area contributed by atoms with Gasteiger partial charge in [0.2, 0.25) is 11.8 Å². The second kappa shape index (κ2) is 11.8. The van der Waals surface area contributed by atoms with Gasteiger partial charge in [-0.25, -0.2) is 0 Å². The largest absolute Gasteiger partial charge is 0.489 e. The number of likely N-dealkylation sites (N-methyl/N-ethyl adjacent to an activating group) is 2. The lowest BCUT2D eigenvalue weighted by atomic mass is 9.38. The Bertz CT molecular complexity index is 1160. The van der Waals surface area contributed by atoms with Crippen molar-refractivity contribution in [2.45, 2.75) is 104 Å². The van der Waals surface area contributed by atoms with Crippen molar-refractivity contribution in [3.63, 3.8) is 0 Å². The number of carbonyl (C=O) groups is 2. The molecule has 6 nitrogen and oxygen atoms in total. The van der Waals surface area contributed by atoms with E-state index in [0.717, 1.165) is 71.4 Å². The molecular formula is C34H54B2N4O2. The number of rotatable bonds is 6. The van der Waals surface area contributed by atoms with Crippen LogP contribution in [-0.4, -0.2) is 72.7 Å². The highest BCUT2D eigenvalue weighted by molar-refractivity contribution is 6.82. The van der Waals surface area contributed by atoms with Crippen LogP contribution in [0.3, 0.4) is 0 Å². The Morgan fingerprint density at radius 3 is 1.24 bits per heavy atom. The molecule has 2 aromatic carbocycles. The van der Waals surface area contributed by atoms with E-state index in [2.05, 4.69) is 75.7 Å². The predicted octanol–water partition coefficient (Wildman–Crippen LogP) is 7.03. The fourth-order valence-electron chi connectivity index (χ4n) is 10.7. The van der Waals surface area contributed by atoms with Gasteiger partial charge in [0.1, 0.15) is 12.1 Å². The van der Waals surface area contributed by atoms with Crippen molar-refractivity contribution in [1.29, 1.82) is 0 Å². The van der Waals surface area contributed by atoms with Crippen LogP contribution < -0.4 is 9.62 Å². The summed E-state index contributed by atoms with van der Waals surface area (Å²) < 4.78 is 1.95. The van der Waals surface area contributed by atoms with E-state index in [-0.39, 0.29) is 12.1 Å². The van der Waals surface area contributed by atoms with E-state index in [1.54, 1.807) is 0 Å². The quantitative estimate of drug-likeness (QED) is 0.349. The first-order valence-corrected chi connectivity index (χ1v) is 17.1. The van der Waals surface area contributed by atoms with Crippen molar-refractivity contribution in [3.8, 4) is 0 Å². The van der Waals surface area contributed by atoms with Crippen LogP contribution in [-0.2, 0) is 9.59 Å². The molecule has 4 aliphatic rings. The van der Waals surface area contributed by atoms with Crippen molar-refractivity contribution in [2.75, 3.05) is 36.8 Å². The molecule has 6 rings (SSSR count). The highest BCUT2D eigenvalue weighted by atomic mass is 16.2. The Morgan fingerprint density at radius 2 is 0.929 bits per heavy atom. The van der Waals surface area contributed by atoms with Crippen molar-refractivity contribution >= 4 is 36.0 Å². The molecule has 4 saturated heterocycles. The normalized spacial score (nSPS) is 31.3. The summed E-state index contributed by atoms with van der Waals surface area (Å²) >= 11 is 0. The molecule has 4 aliphatic heterocycles. The SMILES string of the molecule is CC[B-]1(CC)N(c2ccccc2)C(=O)[C@@H]2CCCC[N@@+]21C.CC[B-]1(CC)N(c2ccccc2)C(=O)[C@@H]2CCCC[N@@+]21C. The number of para-hydroxylation sites is 2. The molecular weight excluding hydrogens is 518 g/mol. The molecule has 4 atom stereocenters. The lowest BCUT2D eigenvalue weighted by molar-refractivity contribution is -0.832. The molecule has 4 fully saturated rings. The van der Waals surface area contributed by atoms with Crippen LogP contribution in [0.2, 0.25) is 25.3 Å². The molecule has 4 heterocycles. The van der Waals surface area contributed by atoms with E-state index < -0.39 is 12.8 Å². The standard InChI is InChI=1S/2C17H27BN2O/c2*1-4-18(5-2)19(15-11-7-6-8-12-15)17(21)16-13-9-10-14-20(16,18)3/h2*6-8,11-12,16H,4-5,9-10,13-14H2,1-3H3/t2*16-,20-/m00/s1. The maximum absolute atomic E-state index is 13.2. The summed E-state index contributed by atoms with van der Waals surface area (Å²) in [6.07, 6.45) is 9.55. The van der Waals surface area contributed by atoms with Crippen LogP contribution in [0.5, 0.6) is 0 Å². The van der Waals surface area contributed by atoms with Crippen molar-refractivity contribution in [3.05, 3.63) is 60.7 Å². The van der Waals surface area contributed by atoms with E-state index >= 15 is 0 Å². The Labute approximate surface area is 255 Å². The maximum Gasteiger partial charge on any atom is 0.310 e. The molecule has 0 spiro atoms. The first-order valence-electron chi connectivity index (χ1n) is 17.1. The van der Waals surface area contributed by atoms with Crippen molar-refractivity contribution in [2.24, 2.45) is 0 Å². The minimum atomic E-state index is -0.889. The minimum Gasteiger partial charge on any atom is -0.489 e. The average Bonchev–Trinajstić information content (AvgIpc) is 3.36. The highest BCUT2D eigenvalue weighted by Gasteiger charge is 2.62. The summed E-state index contributed by atoms with van der Waals surface area (Å²) in [7, 11) is 4.69. The zero-order chi connectivity index (χ0) is 30.2. The number of hydrogen-bond donors (Lipinski definition) is 0. The van der Waals surface area contributed by atoms with Gasteiger partial charge in [-0.1, -0.05) is 64.1 Å². The van der Waals surface area contributed by atoms with Crippen LogP contribution in [0.25, 0.3) is 0 Å². The second-order valence-electron chi connectivity index (χ2n) is 14.2. The van der Waals surface area contributed by atoms with Crippen molar-refractivity contribution in [1.82, 2.24) is 0 Å². The van der Waals surface area contributed by atoms with Gasteiger partial charge in [-0.3, -0.25) is 9.59 Å². The molecule has 0 aliphatic carbocycles.